The van der Waals surface area contributed by atoms with E-state index in [0.29, 0.717) is 0 Å². The third-order valence-electron chi connectivity index (χ3n) is 3.32. The Hall–Kier alpha value is -2.86. The predicted octanol–water partition coefficient (Wildman–Crippen LogP) is 3.40. The molecule has 1 atom stereocenters. The summed E-state index contributed by atoms with van der Waals surface area (Å²) in [5.74, 6) is -0.972. The fourth-order valence-electron chi connectivity index (χ4n) is 2.22. The summed E-state index contributed by atoms with van der Waals surface area (Å²) in [5, 5.41) is 4.85. The van der Waals surface area contributed by atoms with Crippen LogP contribution >= 0.6 is 11.3 Å². The topological polar surface area (TPSA) is 68.5 Å². The second-order valence-electron chi connectivity index (χ2n) is 4.98. The molecule has 0 aliphatic heterocycles. The molecule has 1 amide bonds. The molecule has 3 aromatic rings. The second kappa shape index (κ2) is 7.61. The van der Waals surface area contributed by atoms with E-state index in [-0.39, 0.29) is 24.3 Å². The van der Waals surface area contributed by atoms with Crippen molar-refractivity contribution in [3.8, 4) is 0 Å². The summed E-state index contributed by atoms with van der Waals surface area (Å²) in [6, 6.07) is 16.3. The van der Waals surface area contributed by atoms with Gasteiger partial charge in [-0.15, -0.1) is 11.3 Å². The van der Waals surface area contributed by atoms with E-state index in [1.807, 2.05) is 47.8 Å². The van der Waals surface area contributed by atoms with E-state index >= 15 is 0 Å². The normalized spacial score (nSPS) is 11.7. The quantitative estimate of drug-likeness (QED) is 0.698. The Balaban J connectivity index is 1.65. The third kappa shape index (κ3) is 3.91. The second-order valence-corrected chi connectivity index (χ2v) is 5.96. The highest BCUT2D eigenvalue weighted by Crippen LogP contribution is 2.25. The average molecular weight is 341 g/mol. The van der Waals surface area contributed by atoms with Crippen molar-refractivity contribution in [1.82, 2.24) is 5.32 Å². The largest absolute Gasteiger partial charge is 0.457 e. The number of carbonyl (C=O) groups is 2. The number of furan rings is 1. The maximum atomic E-state index is 12.2. The van der Waals surface area contributed by atoms with Gasteiger partial charge in [0.25, 0.3) is 5.91 Å². The zero-order valence-corrected chi connectivity index (χ0v) is 13.5. The van der Waals surface area contributed by atoms with Gasteiger partial charge in [0.15, 0.2) is 6.61 Å². The van der Waals surface area contributed by atoms with Gasteiger partial charge < -0.3 is 14.5 Å². The number of hydrogen-bond donors (Lipinski definition) is 1. The van der Waals surface area contributed by atoms with Crippen molar-refractivity contribution in [2.75, 3.05) is 6.61 Å². The fraction of sp³-hybridized carbons (Fsp3) is 0.111. The van der Waals surface area contributed by atoms with E-state index in [4.69, 9.17) is 9.15 Å². The first kappa shape index (κ1) is 16.0. The fourth-order valence-corrected chi connectivity index (χ4v) is 3.02. The summed E-state index contributed by atoms with van der Waals surface area (Å²) in [7, 11) is 0. The van der Waals surface area contributed by atoms with Crippen LogP contribution in [0.3, 0.4) is 0 Å². The first-order valence-electron chi connectivity index (χ1n) is 7.32. The molecule has 1 aromatic carbocycles. The molecule has 2 heterocycles. The molecule has 5 nitrogen and oxygen atoms in total. The minimum atomic E-state index is -0.664. The van der Waals surface area contributed by atoms with Gasteiger partial charge in [0.2, 0.25) is 5.76 Å². The molecule has 122 valence electrons. The maximum absolute atomic E-state index is 12.2. The third-order valence-corrected chi connectivity index (χ3v) is 4.26. The number of carbonyl (C=O) groups excluding carboxylic acids is 2. The van der Waals surface area contributed by atoms with Crippen LogP contribution in [0.15, 0.2) is 70.7 Å². The minimum absolute atomic E-state index is 0.0701. The maximum Gasteiger partial charge on any atom is 0.374 e. The van der Waals surface area contributed by atoms with Crippen molar-refractivity contribution < 1.29 is 18.7 Å². The Labute approximate surface area is 142 Å². The van der Waals surface area contributed by atoms with Crippen LogP contribution in [-0.2, 0) is 9.53 Å². The van der Waals surface area contributed by atoms with Crippen LogP contribution in [0.4, 0.5) is 0 Å². The molecule has 0 saturated heterocycles. The van der Waals surface area contributed by atoms with Crippen molar-refractivity contribution in [2.24, 2.45) is 0 Å². The Kier molecular flexibility index (Phi) is 5.08. The van der Waals surface area contributed by atoms with Crippen LogP contribution < -0.4 is 5.32 Å². The van der Waals surface area contributed by atoms with Gasteiger partial charge >= 0.3 is 5.97 Å². The van der Waals surface area contributed by atoms with Gasteiger partial charge in [-0.25, -0.2) is 4.79 Å². The smallest absolute Gasteiger partial charge is 0.374 e. The van der Waals surface area contributed by atoms with Crippen molar-refractivity contribution in [1.29, 1.82) is 0 Å². The molecule has 0 fully saturated rings. The van der Waals surface area contributed by atoms with E-state index in [1.54, 1.807) is 17.4 Å². The number of thiophene rings is 1. The summed E-state index contributed by atoms with van der Waals surface area (Å²) >= 11 is 1.55. The van der Waals surface area contributed by atoms with E-state index in [1.165, 1.54) is 12.3 Å². The van der Waals surface area contributed by atoms with E-state index in [2.05, 4.69) is 5.32 Å². The molecule has 0 aliphatic rings. The van der Waals surface area contributed by atoms with Crippen molar-refractivity contribution in [3.63, 3.8) is 0 Å². The summed E-state index contributed by atoms with van der Waals surface area (Å²) < 4.78 is 9.89. The van der Waals surface area contributed by atoms with Gasteiger partial charge in [-0.3, -0.25) is 4.79 Å². The number of esters is 1. The lowest BCUT2D eigenvalue weighted by atomic mass is 10.1. The van der Waals surface area contributed by atoms with E-state index in [9.17, 15) is 9.59 Å². The van der Waals surface area contributed by atoms with Crippen LogP contribution in [0.1, 0.15) is 27.0 Å². The molecule has 0 saturated carbocycles. The van der Waals surface area contributed by atoms with Crippen molar-refractivity contribution in [2.45, 2.75) is 6.04 Å². The average Bonchev–Trinajstić information content (AvgIpc) is 3.31. The highest BCUT2D eigenvalue weighted by molar-refractivity contribution is 7.10. The van der Waals surface area contributed by atoms with Crippen LogP contribution in [-0.4, -0.2) is 18.5 Å². The molecule has 0 radical (unpaired) electrons. The van der Waals surface area contributed by atoms with Gasteiger partial charge in [-0.2, -0.15) is 0 Å². The summed E-state index contributed by atoms with van der Waals surface area (Å²) in [6.45, 7) is -0.367. The van der Waals surface area contributed by atoms with Crippen LogP contribution in [0, 0.1) is 0 Å². The van der Waals surface area contributed by atoms with Gasteiger partial charge in [0, 0.05) is 4.88 Å². The molecular weight excluding hydrogens is 326 g/mol. The molecular formula is C18H15NO4S. The van der Waals surface area contributed by atoms with E-state index in [0.717, 1.165) is 10.4 Å². The Morgan fingerprint density at radius 2 is 1.92 bits per heavy atom. The number of ether oxygens (including phenoxy) is 1. The zero-order chi connectivity index (χ0) is 16.8. The standard InChI is InChI=1S/C18H15NO4S/c20-16(12-23-18(21)14-8-4-10-22-14)19-17(15-9-5-11-24-15)13-6-2-1-3-7-13/h1-11,17H,12H2,(H,19,20). The predicted molar refractivity (Wildman–Crippen MR) is 89.7 cm³/mol. The lowest BCUT2D eigenvalue weighted by Gasteiger charge is -2.18. The number of nitrogens with one attached hydrogen (secondary N) is 1. The summed E-state index contributed by atoms with van der Waals surface area (Å²) in [4.78, 5) is 24.9. The molecule has 6 heteroatoms. The van der Waals surface area contributed by atoms with Crippen molar-refractivity contribution in [3.05, 3.63) is 82.4 Å². The van der Waals surface area contributed by atoms with Crippen LogP contribution in [0.25, 0.3) is 0 Å². The van der Waals surface area contributed by atoms with Crippen LogP contribution in [0.5, 0.6) is 0 Å². The molecule has 24 heavy (non-hydrogen) atoms. The number of benzene rings is 1. The van der Waals surface area contributed by atoms with Gasteiger partial charge in [-0.05, 0) is 29.1 Å². The Morgan fingerprint density at radius 3 is 2.58 bits per heavy atom. The van der Waals surface area contributed by atoms with Crippen molar-refractivity contribution >= 4 is 23.2 Å². The van der Waals surface area contributed by atoms with Gasteiger partial charge in [0.1, 0.15) is 0 Å². The number of amides is 1. The highest BCUT2D eigenvalue weighted by atomic mass is 32.1. The molecule has 1 unspecified atom stereocenters. The molecule has 0 bridgehead atoms. The monoisotopic (exact) mass is 341 g/mol. The first-order chi connectivity index (χ1) is 11.7. The van der Waals surface area contributed by atoms with E-state index < -0.39 is 5.97 Å². The number of hydrogen-bond acceptors (Lipinski definition) is 5. The highest BCUT2D eigenvalue weighted by Gasteiger charge is 2.19. The molecule has 0 aliphatic carbocycles. The summed E-state index contributed by atoms with van der Waals surface area (Å²) in [6.07, 6.45) is 1.37. The lowest BCUT2D eigenvalue weighted by molar-refractivity contribution is -0.124. The minimum Gasteiger partial charge on any atom is -0.457 e. The lowest BCUT2D eigenvalue weighted by Crippen LogP contribution is -2.32. The van der Waals surface area contributed by atoms with Gasteiger partial charge in [0.05, 0.1) is 12.3 Å². The SMILES string of the molecule is O=C(COC(=O)c1ccco1)NC(c1ccccc1)c1cccs1. The molecule has 2 aromatic heterocycles. The summed E-state index contributed by atoms with van der Waals surface area (Å²) in [5.41, 5.74) is 0.964. The molecule has 0 spiro atoms. The first-order valence-corrected chi connectivity index (χ1v) is 8.20. The Bertz CT molecular complexity index is 782. The molecule has 3 rings (SSSR count). The number of rotatable bonds is 6. The van der Waals surface area contributed by atoms with Gasteiger partial charge in [-0.1, -0.05) is 36.4 Å². The molecule has 1 N–H and O–H groups in total. The zero-order valence-electron chi connectivity index (χ0n) is 12.7. The van der Waals surface area contributed by atoms with Crippen LogP contribution in [0.2, 0.25) is 0 Å². The Morgan fingerprint density at radius 1 is 1.08 bits per heavy atom.